The molecule has 0 saturated heterocycles. The number of hydrogen-bond acceptors (Lipinski definition) is 5. The van der Waals surface area contributed by atoms with E-state index in [1.165, 1.54) is 11.3 Å². The first kappa shape index (κ1) is 18.9. The SMILES string of the molecule is Cc1cc(C(=O)N(CCCn2ccnc2)c2nc3ccc(Br)cc3s2)c(C)o1. The Morgan fingerprint density at radius 2 is 2.18 bits per heavy atom. The molecule has 0 bridgehead atoms. The van der Waals surface area contributed by atoms with E-state index in [9.17, 15) is 4.79 Å². The van der Waals surface area contributed by atoms with Crippen LogP contribution in [-0.2, 0) is 6.54 Å². The van der Waals surface area contributed by atoms with Crippen LogP contribution in [0.25, 0.3) is 10.2 Å². The molecule has 0 atom stereocenters. The van der Waals surface area contributed by atoms with Crippen molar-refractivity contribution < 1.29 is 9.21 Å². The number of halogens is 1. The van der Waals surface area contributed by atoms with E-state index in [0.717, 1.165) is 33.4 Å². The molecular formula is C20H19BrN4O2S. The van der Waals surface area contributed by atoms with E-state index in [-0.39, 0.29) is 5.91 Å². The minimum atomic E-state index is -0.0851. The van der Waals surface area contributed by atoms with Crippen molar-refractivity contribution in [1.82, 2.24) is 14.5 Å². The van der Waals surface area contributed by atoms with Gasteiger partial charge in [0, 0.05) is 30.0 Å². The molecule has 1 aromatic carbocycles. The highest BCUT2D eigenvalue weighted by Crippen LogP contribution is 2.32. The van der Waals surface area contributed by atoms with Crippen molar-refractivity contribution in [2.75, 3.05) is 11.4 Å². The maximum absolute atomic E-state index is 13.3. The van der Waals surface area contributed by atoms with Gasteiger partial charge in [-0.05, 0) is 44.5 Å². The number of imidazole rings is 1. The molecule has 1 amide bonds. The van der Waals surface area contributed by atoms with Crippen LogP contribution in [0.4, 0.5) is 5.13 Å². The number of thiazole rings is 1. The zero-order valence-electron chi connectivity index (χ0n) is 15.6. The summed E-state index contributed by atoms with van der Waals surface area (Å²) in [4.78, 5) is 23.8. The Bertz CT molecular complexity index is 1120. The number of benzene rings is 1. The van der Waals surface area contributed by atoms with Crippen molar-refractivity contribution in [3.63, 3.8) is 0 Å². The van der Waals surface area contributed by atoms with Crippen molar-refractivity contribution in [2.24, 2.45) is 0 Å². The number of fused-ring (bicyclic) bond motifs is 1. The zero-order chi connectivity index (χ0) is 19.7. The number of furan rings is 1. The lowest BCUT2D eigenvalue weighted by atomic mass is 10.2. The van der Waals surface area contributed by atoms with E-state index in [4.69, 9.17) is 9.40 Å². The first-order chi connectivity index (χ1) is 13.5. The van der Waals surface area contributed by atoms with Crippen LogP contribution in [0.3, 0.4) is 0 Å². The van der Waals surface area contributed by atoms with Gasteiger partial charge in [-0.1, -0.05) is 27.3 Å². The summed E-state index contributed by atoms with van der Waals surface area (Å²) in [6.45, 7) is 5.01. The fourth-order valence-corrected chi connectivity index (χ4v) is 4.65. The highest BCUT2D eigenvalue weighted by Gasteiger charge is 2.24. The summed E-state index contributed by atoms with van der Waals surface area (Å²) in [5.41, 5.74) is 1.47. The molecule has 3 heterocycles. The zero-order valence-corrected chi connectivity index (χ0v) is 18.0. The second kappa shape index (κ2) is 7.89. The van der Waals surface area contributed by atoms with Gasteiger partial charge in [0.25, 0.3) is 5.91 Å². The van der Waals surface area contributed by atoms with Crippen LogP contribution in [-0.4, -0.2) is 27.0 Å². The smallest absolute Gasteiger partial charge is 0.263 e. The molecule has 3 aromatic heterocycles. The van der Waals surface area contributed by atoms with Crippen molar-refractivity contribution >= 4 is 48.5 Å². The molecule has 0 aliphatic heterocycles. The minimum Gasteiger partial charge on any atom is -0.466 e. The van der Waals surface area contributed by atoms with Gasteiger partial charge >= 0.3 is 0 Å². The molecule has 6 nitrogen and oxygen atoms in total. The Morgan fingerprint density at radius 3 is 2.89 bits per heavy atom. The molecule has 144 valence electrons. The molecular weight excluding hydrogens is 440 g/mol. The molecule has 28 heavy (non-hydrogen) atoms. The predicted molar refractivity (Wildman–Crippen MR) is 114 cm³/mol. The highest BCUT2D eigenvalue weighted by atomic mass is 79.9. The lowest BCUT2D eigenvalue weighted by molar-refractivity contribution is 0.0985. The predicted octanol–water partition coefficient (Wildman–Crippen LogP) is 5.20. The van der Waals surface area contributed by atoms with Crippen LogP contribution in [0.2, 0.25) is 0 Å². The quantitative estimate of drug-likeness (QED) is 0.398. The first-order valence-corrected chi connectivity index (χ1v) is 10.5. The van der Waals surface area contributed by atoms with Gasteiger partial charge in [0.1, 0.15) is 11.5 Å². The van der Waals surface area contributed by atoms with Crippen LogP contribution in [0, 0.1) is 13.8 Å². The van der Waals surface area contributed by atoms with Gasteiger partial charge in [-0.15, -0.1) is 0 Å². The van der Waals surface area contributed by atoms with Crippen molar-refractivity contribution in [2.45, 2.75) is 26.8 Å². The molecule has 4 aromatic rings. The Kier molecular flexibility index (Phi) is 5.32. The second-order valence-corrected chi connectivity index (χ2v) is 8.47. The average Bonchev–Trinajstić information content (AvgIpc) is 3.38. The number of aryl methyl sites for hydroxylation is 3. The van der Waals surface area contributed by atoms with Gasteiger partial charge in [0.2, 0.25) is 0 Å². The number of nitrogens with zero attached hydrogens (tertiary/aromatic N) is 4. The van der Waals surface area contributed by atoms with E-state index in [2.05, 4.69) is 20.9 Å². The summed E-state index contributed by atoms with van der Waals surface area (Å²) in [5, 5.41) is 0.696. The maximum atomic E-state index is 13.3. The van der Waals surface area contributed by atoms with Crippen LogP contribution in [0.1, 0.15) is 28.3 Å². The van der Waals surface area contributed by atoms with Gasteiger partial charge in [-0.25, -0.2) is 9.97 Å². The van der Waals surface area contributed by atoms with Crippen LogP contribution in [0.15, 0.2) is 51.9 Å². The van der Waals surface area contributed by atoms with E-state index >= 15 is 0 Å². The summed E-state index contributed by atoms with van der Waals surface area (Å²) >= 11 is 5.02. The average molecular weight is 459 g/mol. The Morgan fingerprint density at radius 1 is 1.32 bits per heavy atom. The highest BCUT2D eigenvalue weighted by molar-refractivity contribution is 9.10. The van der Waals surface area contributed by atoms with E-state index in [1.54, 1.807) is 23.5 Å². The maximum Gasteiger partial charge on any atom is 0.263 e. The lowest BCUT2D eigenvalue weighted by Crippen LogP contribution is -2.32. The van der Waals surface area contributed by atoms with E-state index in [0.29, 0.717) is 23.0 Å². The van der Waals surface area contributed by atoms with Crippen LogP contribution < -0.4 is 4.90 Å². The molecule has 0 saturated carbocycles. The van der Waals surface area contributed by atoms with Gasteiger partial charge in [-0.3, -0.25) is 9.69 Å². The molecule has 0 fully saturated rings. The van der Waals surface area contributed by atoms with E-state index < -0.39 is 0 Å². The molecule has 0 unspecified atom stereocenters. The summed E-state index contributed by atoms with van der Waals surface area (Å²) in [6, 6.07) is 7.74. The Hall–Kier alpha value is -2.45. The molecule has 0 aliphatic rings. The summed E-state index contributed by atoms with van der Waals surface area (Å²) in [6.07, 6.45) is 6.25. The van der Waals surface area contributed by atoms with Gasteiger partial charge in [0.05, 0.1) is 22.1 Å². The third-order valence-corrected chi connectivity index (χ3v) is 5.98. The third kappa shape index (κ3) is 3.88. The minimum absolute atomic E-state index is 0.0851. The summed E-state index contributed by atoms with van der Waals surface area (Å²) in [7, 11) is 0. The van der Waals surface area contributed by atoms with Crippen LogP contribution >= 0.6 is 27.3 Å². The number of carbonyl (C=O) groups excluding carboxylic acids is 1. The molecule has 0 spiro atoms. The van der Waals surface area contributed by atoms with Crippen LogP contribution in [0.5, 0.6) is 0 Å². The van der Waals surface area contributed by atoms with Gasteiger partial charge in [-0.2, -0.15) is 0 Å². The number of carbonyl (C=O) groups is 1. The fourth-order valence-electron chi connectivity index (χ4n) is 3.10. The summed E-state index contributed by atoms with van der Waals surface area (Å²) < 4.78 is 9.62. The number of aromatic nitrogens is 3. The van der Waals surface area contributed by atoms with Crippen molar-refractivity contribution in [1.29, 1.82) is 0 Å². The van der Waals surface area contributed by atoms with Crippen molar-refractivity contribution in [3.05, 3.63) is 64.5 Å². The molecule has 0 aliphatic carbocycles. The monoisotopic (exact) mass is 458 g/mol. The Balaban J connectivity index is 1.64. The van der Waals surface area contributed by atoms with E-state index in [1.807, 2.05) is 42.8 Å². The summed E-state index contributed by atoms with van der Waals surface area (Å²) in [5.74, 6) is 1.27. The molecule has 0 N–H and O–H groups in total. The van der Waals surface area contributed by atoms with Gasteiger partial charge < -0.3 is 8.98 Å². The van der Waals surface area contributed by atoms with Crippen molar-refractivity contribution in [3.8, 4) is 0 Å². The normalized spacial score (nSPS) is 11.2. The second-order valence-electron chi connectivity index (χ2n) is 6.55. The third-order valence-electron chi connectivity index (χ3n) is 4.44. The fraction of sp³-hybridized carbons (Fsp3) is 0.250. The number of hydrogen-bond donors (Lipinski definition) is 0. The largest absolute Gasteiger partial charge is 0.466 e. The standard InChI is InChI=1S/C20H19BrN4O2S/c1-13-10-16(14(2)27-13)19(26)25(8-3-7-24-9-6-22-12-24)20-23-17-5-4-15(21)11-18(17)28-20/h4-6,9-12H,3,7-8H2,1-2H3. The number of amides is 1. The molecule has 8 heteroatoms. The number of rotatable bonds is 6. The number of anilines is 1. The molecule has 4 rings (SSSR count). The Labute approximate surface area is 174 Å². The lowest BCUT2D eigenvalue weighted by Gasteiger charge is -2.19. The van der Waals surface area contributed by atoms with Gasteiger partial charge in [0.15, 0.2) is 5.13 Å². The molecule has 0 radical (unpaired) electrons. The first-order valence-electron chi connectivity index (χ1n) is 8.92. The topological polar surface area (TPSA) is 64.2 Å².